The van der Waals surface area contributed by atoms with Crippen LogP contribution in [0.4, 0.5) is 0 Å². The van der Waals surface area contributed by atoms with Gasteiger partial charge in [-0.15, -0.1) is 11.3 Å². The molecule has 1 spiro atoms. The largest absolute Gasteiger partial charge is 0.369 e. The van der Waals surface area contributed by atoms with Crippen LogP contribution in [0.2, 0.25) is 0 Å². The van der Waals surface area contributed by atoms with Crippen molar-refractivity contribution in [1.29, 1.82) is 0 Å². The maximum Gasteiger partial charge on any atom is 0.292 e. The first kappa shape index (κ1) is 16.6. The third-order valence-electron chi connectivity index (χ3n) is 5.30. The van der Waals surface area contributed by atoms with E-state index in [1.165, 1.54) is 16.6 Å². The minimum absolute atomic E-state index is 0.107. The number of aromatic nitrogens is 3. The van der Waals surface area contributed by atoms with Gasteiger partial charge in [-0.25, -0.2) is 0 Å². The third kappa shape index (κ3) is 2.85. The maximum atomic E-state index is 12.5. The predicted molar refractivity (Wildman–Crippen MR) is 98.3 cm³/mol. The molecule has 0 bridgehead atoms. The molecule has 27 heavy (non-hydrogen) atoms. The molecule has 0 unspecified atom stereocenters. The Labute approximate surface area is 160 Å². The van der Waals surface area contributed by atoms with Crippen LogP contribution in [0.25, 0.3) is 10.6 Å². The summed E-state index contributed by atoms with van der Waals surface area (Å²) in [5.41, 5.74) is 1.92. The van der Waals surface area contributed by atoms with Crippen LogP contribution in [-0.2, 0) is 16.8 Å². The van der Waals surface area contributed by atoms with E-state index in [2.05, 4.69) is 21.2 Å². The maximum absolute atomic E-state index is 12.5. The number of likely N-dealkylation sites (tertiary alicyclic amines) is 1. The number of amides is 1. The molecular formula is C19H18N4O3S. The number of nitrogens with zero attached hydrogens (tertiary/aromatic N) is 4. The van der Waals surface area contributed by atoms with E-state index >= 15 is 0 Å². The van der Waals surface area contributed by atoms with Gasteiger partial charge in [0.15, 0.2) is 0 Å². The van der Waals surface area contributed by atoms with Gasteiger partial charge in [0, 0.05) is 36.4 Å². The zero-order valence-corrected chi connectivity index (χ0v) is 15.4. The standard InChI is InChI=1S/C19H18N4O3S/c24-18(15-1-5-22-26-15)23-8-3-19(4-9-23)17-13(2-10-25-19)11-16(27-17)14-12-20-6-7-21-14/h1,5-7,11-12H,2-4,8-10H2. The fraction of sp³-hybridized carbons (Fsp3) is 0.368. The second kappa shape index (κ2) is 6.54. The van der Waals surface area contributed by atoms with Crippen LogP contribution in [-0.4, -0.2) is 45.6 Å². The van der Waals surface area contributed by atoms with Crippen molar-refractivity contribution in [2.45, 2.75) is 24.9 Å². The van der Waals surface area contributed by atoms with Crippen LogP contribution >= 0.6 is 11.3 Å². The lowest BCUT2D eigenvalue weighted by Crippen LogP contribution is -2.47. The van der Waals surface area contributed by atoms with Gasteiger partial charge < -0.3 is 14.2 Å². The summed E-state index contributed by atoms with van der Waals surface area (Å²) in [6.45, 7) is 1.98. The second-order valence-corrected chi connectivity index (χ2v) is 7.87. The molecule has 5 heterocycles. The number of piperidine rings is 1. The van der Waals surface area contributed by atoms with Crippen LogP contribution in [0.15, 0.2) is 41.4 Å². The molecule has 5 rings (SSSR count). The van der Waals surface area contributed by atoms with Crippen molar-refractivity contribution in [3.8, 4) is 10.6 Å². The summed E-state index contributed by atoms with van der Waals surface area (Å²) in [5, 5.41) is 3.63. The zero-order chi connectivity index (χ0) is 18.3. The Bertz CT molecular complexity index is 947. The molecule has 3 aromatic heterocycles. The molecule has 1 amide bonds. The Morgan fingerprint density at radius 3 is 2.85 bits per heavy atom. The molecule has 0 atom stereocenters. The van der Waals surface area contributed by atoms with Crippen molar-refractivity contribution in [2.75, 3.05) is 19.7 Å². The van der Waals surface area contributed by atoms with E-state index in [1.54, 1.807) is 36.0 Å². The van der Waals surface area contributed by atoms with Gasteiger partial charge >= 0.3 is 0 Å². The average Bonchev–Trinajstić information content (AvgIpc) is 3.40. The predicted octanol–water partition coefficient (Wildman–Crippen LogP) is 2.90. The van der Waals surface area contributed by atoms with Gasteiger partial charge in [0.05, 0.1) is 29.6 Å². The van der Waals surface area contributed by atoms with Crippen LogP contribution in [0.5, 0.6) is 0 Å². The molecule has 0 radical (unpaired) electrons. The molecular weight excluding hydrogens is 364 g/mol. The molecule has 0 N–H and O–H groups in total. The SMILES string of the molecule is O=C(c1ccno1)N1CCC2(CC1)OCCc1cc(-c3cnccn3)sc12. The van der Waals surface area contributed by atoms with Crippen LogP contribution in [0, 0.1) is 0 Å². The molecule has 1 saturated heterocycles. The molecule has 0 aromatic carbocycles. The van der Waals surface area contributed by atoms with Gasteiger partial charge in [-0.05, 0) is 30.9 Å². The Morgan fingerprint density at radius 2 is 2.11 bits per heavy atom. The topological polar surface area (TPSA) is 81.4 Å². The third-order valence-corrected chi connectivity index (χ3v) is 6.68. The number of ether oxygens (including phenoxy) is 1. The van der Waals surface area contributed by atoms with Crippen molar-refractivity contribution < 1.29 is 14.1 Å². The molecule has 0 saturated carbocycles. The first-order valence-corrected chi connectivity index (χ1v) is 9.80. The van der Waals surface area contributed by atoms with Gasteiger partial charge in [0.25, 0.3) is 5.91 Å². The first-order valence-electron chi connectivity index (χ1n) is 8.99. The number of thiophene rings is 1. The van der Waals surface area contributed by atoms with Crippen LogP contribution < -0.4 is 0 Å². The highest BCUT2D eigenvalue weighted by molar-refractivity contribution is 7.15. The van der Waals surface area contributed by atoms with E-state index < -0.39 is 0 Å². The molecule has 1 fully saturated rings. The quantitative estimate of drug-likeness (QED) is 0.678. The fourth-order valence-corrected chi connectivity index (χ4v) is 5.27. The summed E-state index contributed by atoms with van der Waals surface area (Å²) < 4.78 is 11.3. The van der Waals surface area contributed by atoms with Crippen molar-refractivity contribution in [3.63, 3.8) is 0 Å². The lowest BCUT2D eigenvalue weighted by Gasteiger charge is -2.43. The van der Waals surface area contributed by atoms with Gasteiger partial charge in [0.2, 0.25) is 5.76 Å². The number of carbonyl (C=O) groups excluding carboxylic acids is 1. The van der Waals surface area contributed by atoms with Crippen molar-refractivity contribution in [2.24, 2.45) is 0 Å². The summed E-state index contributed by atoms with van der Waals surface area (Å²) in [6.07, 6.45) is 9.16. The molecule has 2 aliphatic rings. The normalized spacial score (nSPS) is 18.4. The van der Waals surface area contributed by atoms with Crippen molar-refractivity contribution in [3.05, 3.63) is 53.1 Å². The number of rotatable bonds is 2. The highest BCUT2D eigenvalue weighted by atomic mass is 32.1. The average molecular weight is 382 g/mol. The van der Waals surface area contributed by atoms with Gasteiger partial charge in [0.1, 0.15) is 5.60 Å². The minimum Gasteiger partial charge on any atom is -0.369 e. The number of hydrogen-bond acceptors (Lipinski definition) is 7. The van der Waals surface area contributed by atoms with Crippen LogP contribution in [0.1, 0.15) is 33.8 Å². The van der Waals surface area contributed by atoms with Gasteiger partial charge in [-0.1, -0.05) is 5.16 Å². The summed E-state index contributed by atoms with van der Waals surface area (Å²) in [6, 6.07) is 3.83. The minimum atomic E-state index is -0.309. The van der Waals surface area contributed by atoms with Crippen molar-refractivity contribution >= 4 is 17.2 Å². The van der Waals surface area contributed by atoms with E-state index in [0.29, 0.717) is 19.7 Å². The Balaban J connectivity index is 1.40. The summed E-state index contributed by atoms with van der Waals surface area (Å²) in [7, 11) is 0. The fourth-order valence-electron chi connectivity index (χ4n) is 3.90. The zero-order valence-electron chi connectivity index (χ0n) is 14.6. The molecule has 0 aliphatic carbocycles. The van der Waals surface area contributed by atoms with E-state index in [9.17, 15) is 4.79 Å². The molecule has 138 valence electrons. The number of hydrogen-bond donors (Lipinski definition) is 0. The summed E-state index contributed by atoms with van der Waals surface area (Å²) >= 11 is 1.74. The molecule has 2 aliphatic heterocycles. The lowest BCUT2D eigenvalue weighted by atomic mass is 9.85. The highest BCUT2D eigenvalue weighted by Crippen LogP contribution is 2.47. The van der Waals surface area contributed by atoms with Crippen molar-refractivity contribution in [1.82, 2.24) is 20.0 Å². The Kier molecular flexibility index (Phi) is 4.02. The van der Waals surface area contributed by atoms with E-state index in [4.69, 9.17) is 9.26 Å². The number of carbonyl (C=O) groups is 1. The molecule has 7 nitrogen and oxygen atoms in total. The van der Waals surface area contributed by atoms with E-state index in [0.717, 1.165) is 29.8 Å². The van der Waals surface area contributed by atoms with Gasteiger partial charge in [-0.3, -0.25) is 14.8 Å². The van der Waals surface area contributed by atoms with Gasteiger partial charge in [-0.2, -0.15) is 0 Å². The Morgan fingerprint density at radius 1 is 1.22 bits per heavy atom. The van der Waals surface area contributed by atoms with E-state index in [1.807, 2.05) is 4.90 Å². The summed E-state index contributed by atoms with van der Waals surface area (Å²) in [5.74, 6) is 0.182. The monoisotopic (exact) mass is 382 g/mol. The number of fused-ring (bicyclic) bond motifs is 2. The Hall–Kier alpha value is -2.58. The van der Waals surface area contributed by atoms with Crippen LogP contribution in [0.3, 0.4) is 0 Å². The lowest BCUT2D eigenvalue weighted by molar-refractivity contribution is -0.0908. The molecule has 8 heteroatoms. The highest BCUT2D eigenvalue weighted by Gasteiger charge is 2.43. The first-order chi connectivity index (χ1) is 13.3. The smallest absolute Gasteiger partial charge is 0.292 e. The summed E-state index contributed by atoms with van der Waals surface area (Å²) in [4.78, 5) is 25.3. The van der Waals surface area contributed by atoms with E-state index in [-0.39, 0.29) is 17.3 Å². The molecule has 3 aromatic rings. The second-order valence-electron chi connectivity index (χ2n) is 6.82.